The van der Waals surface area contributed by atoms with E-state index in [2.05, 4.69) is 20.5 Å². The van der Waals surface area contributed by atoms with Crippen LogP contribution in [0.25, 0.3) is 0 Å². The number of H-pyrrole nitrogens is 1. The van der Waals surface area contributed by atoms with Gasteiger partial charge in [0.2, 0.25) is 5.95 Å². The van der Waals surface area contributed by atoms with Gasteiger partial charge in [-0.3, -0.25) is 10.1 Å². The molecule has 0 saturated heterocycles. The number of anilines is 1. The van der Waals surface area contributed by atoms with Crippen molar-refractivity contribution < 1.29 is 9.53 Å². The van der Waals surface area contributed by atoms with Crippen LogP contribution >= 0.6 is 0 Å². The van der Waals surface area contributed by atoms with Crippen molar-refractivity contribution in [3.63, 3.8) is 0 Å². The molecule has 82 valence electrons. The molecule has 0 atom stereocenters. The van der Waals surface area contributed by atoms with Crippen LogP contribution in [0.3, 0.4) is 0 Å². The quantitative estimate of drug-likeness (QED) is 0.729. The van der Waals surface area contributed by atoms with Crippen molar-refractivity contribution >= 4 is 11.9 Å². The predicted octanol–water partition coefficient (Wildman–Crippen LogP) is 1.11. The Morgan fingerprint density at radius 3 is 2.93 bits per heavy atom. The van der Waals surface area contributed by atoms with Crippen molar-refractivity contribution in [3.8, 4) is 6.01 Å². The van der Waals surface area contributed by atoms with Gasteiger partial charge in [-0.15, -0.1) is 5.10 Å². The third-order valence-electron chi connectivity index (χ3n) is 1.40. The molecule has 6 nitrogen and oxygen atoms in total. The van der Waals surface area contributed by atoms with Crippen molar-refractivity contribution in [3.05, 3.63) is 11.6 Å². The van der Waals surface area contributed by atoms with Crippen molar-refractivity contribution in [2.24, 2.45) is 0 Å². The Balaban J connectivity index is 2.57. The molecule has 0 spiro atoms. The van der Waals surface area contributed by atoms with E-state index in [-0.39, 0.29) is 17.9 Å². The summed E-state index contributed by atoms with van der Waals surface area (Å²) in [5.41, 5.74) is 0.914. The van der Waals surface area contributed by atoms with E-state index in [1.807, 2.05) is 20.8 Å². The molecule has 1 amide bonds. The molecule has 1 rings (SSSR count). The molecule has 0 saturated carbocycles. The van der Waals surface area contributed by atoms with Gasteiger partial charge < -0.3 is 4.74 Å². The summed E-state index contributed by atoms with van der Waals surface area (Å²) in [6.07, 6.45) is 1.48. The number of aromatic nitrogens is 3. The van der Waals surface area contributed by atoms with Crippen LogP contribution in [-0.2, 0) is 4.79 Å². The lowest BCUT2D eigenvalue weighted by atomic mass is 10.3. The van der Waals surface area contributed by atoms with Crippen LogP contribution in [0.2, 0.25) is 0 Å². The number of aromatic amines is 1. The van der Waals surface area contributed by atoms with Gasteiger partial charge in [0.25, 0.3) is 5.91 Å². The summed E-state index contributed by atoms with van der Waals surface area (Å²) < 4.78 is 5.03. The summed E-state index contributed by atoms with van der Waals surface area (Å²) >= 11 is 0. The van der Waals surface area contributed by atoms with Crippen LogP contribution in [-0.4, -0.2) is 27.7 Å². The number of hydrogen-bond donors (Lipinski definition) is 2. The molecular weight excluding hydrogens is 196 g/mol. The third-order valence-corrected chi connectivity index (χ3v) is 1.40. The Hall–Kier alpha value is -1.85. The van der Waals surface area contributed by atoms with Crippen molar-refractivity contribution in [1.82, 2.24) is 15.2 Å². The highest BCUT2D eigenvalue weighted by Crippen LogP contribution is 2.05. The number of carbonyl (C=O) groups excluding carboxylic acids is 1. The number of hydrogen-bond acceptors (Lipinski definition) is 4. The molecular formula is C9H14N4O2. The monoisotopic (exact) mass is 210 g/mol. The zero-order valence-corrected chi connectivity index (χ0v) is 9.00. The second-order valence-electron chi connectivity index (χ2n) is 3.11. The lowest BCUT2D eigenvalue weighted by Crippen LogP contribution is -2.09. The van der Waals surface area contributed by atoms with Gasteiger partial charge in [-0.25, -0.2) is 5.10 Å². The molecule has 2 N–H and O–H groups in total. The van der Waals surface area contributed by atoms with Gasteiger partial charge in [-0.1, -0.05) is 5.57 Å². The average molecular weight is 210 g/mol. The van der Waals surface area contributed by atoms with Gasteiger partial charge in [0.1, 0.15) is 0 Å². The first-order chi connectivity index (χ1) is 7.11. The lowest BCUT2D eigenvalue weighted by molar-refractivity contribution is -0.112. The Labute approximate surface area is 87.7 Å². The van der Waals surface area contributed by atoms with Crippen LogP contribution in [0.15, 0.2) is 11.6 Å². The molecule has 0 radical (unpaired) electrons. The zero-order valence-electron chi connectivity index (χ0n) is 9.00. The number of ether oxygens (including phenoxy) is 1. The summed E-state index contributed by atoms with van der Waals surface area (Å²) in [5.74, 6) is 0.0372. The van der Waals surface area contributed by atoms with Gasteiger partial charge in [0, 0.05) is 6.08 Å². The molecule has 1 aromatic rings. The average Bonchev–Trinajstić information content (AvgIpc) is 2.51. The summed E-state index contributed by atoms with van der Waals surface area (Å²) in [7, 11) is 0. The first-order valence-electron chi connectivity index (χ1n) is 4.63. The van der Waals surface area contributed by atoms with Gasteiger partial charge in [-0.2, -0.15) is 4.98 Å². The maximum absolute atomic E-state index is 11.3. The molecule has 15 heavy (non-hydrogen) atoms. The fourth-order valence-electron chi connectivity index (χ4n) is 0.911. The highest BCUT2D eigenvalue weighted by molar-refractivity contribution is 5.98. The van der Waals surface area contributed by atoms with Crippen LogP contribution in [0, 0.1) is 0 Å². The fraction of sp³-hybridized carbons (Fsp3) is 0.444. The van der Waals surface area contributed by atoms with E-state index in [9.17, 15) is 4.79 Å². The minimum absolute atomic E-state index is 0.227. The Morgan fingerprint density at radius 2 is 2.33 bits per heavy atom. The van der Waals surface area contributed by atoms with Gasteiger partial charge in [0.05, 0.1) is 6.61 Å². The molecule has 0 aliphatic carbocycles. The Morgan fingerprint density at radius 1 is 1.60 bits per heavy atom. The number of amides is 1. The second kappa shape index (κ2) is 5.14. The van der Waals surface area contributed by atoms with E-state index in [1.54, 1.807) is 0 Å². The maximum Gasteiger partial charge on any atom is 0.337 e. The number of rotatable bonds is 4. The first-order valence-corrected chi connectivity index (χ1v) is 4.63. The van der Waals surface area contributed by atoms with Crippen LogP contribution in [0.5, 0.6) is 6.01 Å². The molecule has 0 fully saturated rings. The summed E-state index contributed by atoms with van der Waals surface area (Å²) in [5, 5.41) is 8.82. The van der Waals surface area contributed by atoms with Crippen LogP contribution in [0.1, 0.15) is 20.8 Å². The summed E-state index contributed by atoms with van der Waals surface area (Å²) in [6, 6.07) is 0.227. The minimum Gasteiger partial charge on any atom is -0.463 e. The number of nitrogens with zero attached hydrogens (tertiary/aromatic N) is 2. The minimum atomic E-state index is -0.241. The molecule has 0 aromatic carbocycles. The fourth-order valence-corrected chi connectivity index (χ4v) is 0.911. The van der Waals surface area contributed by atoms with Gasteiger partial charge in [0.15, 0.2) is 0 Å². The molecule has 1 heterocycles. The molecule has 0 bridgehead atoms. The van der Waals surface area contributed by atoms with E-state index < -0.39 is 0 Å². The van der Waals surface area contributed by atoms with Crippen molar-refractivity contribution in [1.29, 1.82) is 0 Å². The van der Waals surface area contributed by atoms with E-state index in [0.29, 0.717) is 6.61 Å². The molecule has 0 aliphatic rings. The lowest BCUT2D eigenvalue weighted by Gasteiger charge is -1.95. The molecule has 6 heteroatoms. The highest BCUT2D eigenvalue weighted by Gasteiger charge is 2.05. The predicted molar refractivity (Wildman–Crippen MR) is 55.6 cm³/mol. The largest absolute Gasteiger partial charge is 0.463 e. The molecule has 0 aliphatic heterocycles. The maximum atomic E-state index is 11.3. The summed E-state index contributed by atoms with van der Waals surface area (Å²) in [4.78, 5) is 15.2. The van der Waals surface area contributed by atoms with Gasteiger partial charge >= 0.3 is 6.01 Å². The number of nitrogens with one attached hydrogen (secondary N) is 2. The van der Waals surface area contributed by atoms with E-state index >= 15 is 0 Å². The number of carbonyl (C=O) groups is 1. The molecule has 1 aromatic heterocycles. The Kier molecular flexibility index (Phi) is 3.84. The number of allylic oxidation sites excluding steroid dienone is 1. The standard InChI is InChI=1S/C9H14N4O2/c1-4-15-9-11-8(12-13-9)10-7(14)5-6(2)3/h5H,4H2,1-3H3,(H2,10,11,12,13,14). The zero-order chi connectivity index (χ0) is 11.3. The molecule has 0 unspecified atom stereocenters. The van der Waals surface area contributed by atoms with Crippen molar-refractivity contribution in [2.45, 2.75) is 20.8 Å². The second-order valence-corrected chi connectivity index (χ2v) is 3.11. The van der Waals surface area contributed by atoms with Crippen LogP contribution in [0.4, 0.5) is 5.95 Å². The van der Waals surface area contributed by atoms with Crippen molar-refractivity contribution in [2.75, 3.05) is 11.9 Å². The Bertz CT molecular complexity index is 366. The topological polar surface area (TPSA) is 79.9 Å². The smallest absolute Gasteiger partial charge is 0.337 e. The van der Waals surface area contributed by atoms with E-state index in [1.165, 1.54) is 6.08 Å². The normalized spacial score (nSPS) is 9.53. The summed E-state index contributed by atoms with van der Waals surface area (Å²) in [6.45, 7) is 5.99. The highest BCUT2D eigenvalue weighted by atomic mass is 16.5. The van der Waals surface area contributed by atoms with E-state index in [0.717, 1.165) is 5.57 Å². The SMILES string of the molecule is CCOc1n[nH]c(NC(=O)C=C(C)C)n1. The van der Waals surface area contributed by atoms with Crippen LogP contribution < -0.4 is 10.1 Å². The van der Waals surface area contributed by atoms with Gasteiger partial charge in [-0.05, 0) is 20.8 Å². The van der Waals surface area contributed by atoms with E-state index in [4.69, 9.17) is 4.74 Å². The first kappa shape index (κ1) is 11.2. The third kappa shape index (κ3) is 3.80.